The maximum atomic E-state index is 12.6. The van der Waals surface area contributed by atoms with Crippen LogP contribution in [0.25, 0.3) is 22.0 Å². The molecule has 1 aliphatic heterocycles. The maximum absolute atomic E-state index is 12.6. The van der Waals surface area contributed by atoms with Crippen LogP contribution in [0, 0.1) is 12.8 Å². The third kappa shape index (κ3) is 3.65. The molecule has 0 radical (unpaired) electrons. The van der Waals surface area contributed by atoms with Crippen molar-refractivity contribution in [2.24, 2.45) is 5.92 Å². The fraction of sp³-hybridized carbons (Fsp3) is 0.333. The number of piperidine rings is 1. The molecule has 1 amide bonds. The molecule has 3 heterocycles. The average molecular weight is 402 g/mol. The molecule has 1 unspecified atom stereocenters. The highest BCUT2D eigenvalue weighted by Crippen LogP contribution is 2.26. The minimum absolute atomic E-state index is 0.0711. The molecule has 0 bridgehead atoms. The van der Waals surface area contributed by atoms with Crippen molar-refractivity contribution in [2.45, 2.75) is 26.2 Å². The molecule has 6 nitrogen and oxygen atoms in total. The number of carbonyl (C=O) groups excluding carboxylic acids is 1. The number of amides is 1. The smallest absolute Gasteiger partial charge is 0.298 e. The van der Waals surface area contributed by atoms with Crippen LogP contribution in [0.3, 0.4) is 0 Å². The predicted octanol–water partition coefficient (Wildman–Crippen LogP) is 4.19. The number of carbonyl (C=O) groups is 1. The Morgan fingerprint density at radius 1 is 1.23 bits per heavy atom. The van der Waals surface area contributed by atoms with Crippen molar-refractivity contribution in [3.63, 3.8) is 0 Å². The number of fused-ring (bicyclic) bond motifs is 2. The number of hydrogen-bond acceptors (Lipinski definition) is 4. The van der Waals surface area contributed by atoms with Gasteiger partial charge in [-0.2, -0.15) is 4.98 Å². The first-order valence-electron chi connectivity index (χ1n) is 10.6. The summed E-state index contributed by atoms with van der Waals surface area (Å²) >= 11 is 0. The van der Waals surface area contributed by atoms with Crippen LogP contribution in [0.4, 0.5) is 6.01 Å². The van der Waals surface area contributed by atoms with Crippen LogP contribution in [0.2, 0.25) is 0 Å². The Bertz CT molecular complexity index is 1160. The molecule has 2 aromatic carbocycles. The number of anilines is 1. The first-order chi connectivity index (χ1) is 14.7. The zero-order valence-corrected chi connectivity index (χ0v) is 17.1. The Balaban J connectivity index is 1.20. The summed E-state index contributed by atoms with van der Waals surface area (Å²) in [6, 6.07) is 16.7. The number of aromatic amines is 1. The lowest BCUT2D eigenvalue weighted by atomic mass is 9.98. The molecular formula is C24H26N4O2. The summed E-state index contributed by atoms with van der Waals surface area (Å²) in [5, 5.41) is 4.28. The number of H-pyrrole nitrogens is 1. The van der Waals surface area contributed by atoms with Gasteiger partial charge in [0.2, 0.25) is 5.91 Å². The Hall–Kier alpha value is -3.28. The van der Waals surface area contributed by atoms with Crippen molar-refractivity contribution in [2.75, 3.05) is 24.5 Å². The minimum atomic E-state index is 0.0711. The van der Waals surface area contributed by atoms with Crippen molar-refractivity contribution in [1.82, 2.24) is 15.3 Å². The fourth-order valence-electron chi connectivity index (χ4n) is 4.44. The van der Waals surface area contributed by atoms with Gasteiger partial charge in [0.15, 0.2) is 5.58 Å². The third-order valence-electron chi connectivity index (χ3n) is 6.02. The normalized spacial score (nSPS) is 17.0. The van der Waals surface area contributed by atoms with Gasteiger partial charge in [-0.25, -0.2) is 0 Å². The van der Waals surface area contributed by atoms with Gasteiger partial charge in [0.05, 0.1) is 6.42 Å². The number of aryl methyl sites for hydroxylation is 1. The van der Waals surface area contributed by atoms with Gasteiger partial charge < -0.3 is 19.6 Å². The molecular weight excluding hydrogens is 376 g/mol. The molecule has 1 saturated heterocycles. The molecule has 6 heteroatoms. The van der Waals surface area contributed by atoms with Crippen molar-refractivity contribution in [3.05, 3.63) is 59.8 Å². The topological polar surface area (TPSA) is 74.2 Å². The van der Waals surface area contributed by atoms with Gasteiger partial charge in [0, 0.05) is 36.2 Å². The standard InChI is InChI=1S/C24H26N4O2/c1-16-19(18-8-2-3-9-20(18)26-16)13-23(29)25-14-17-7-6-12-28(15-17)24-27-21-10-4-5-11-22(21)30-24/h2-5,8-11,17,26H,6-7,12-15H2,1H3,(H,25,29). The van der Waals surface area contributed by atoms with Gasteiger partial charge in [-0.1, -0.05) is 30.3 Å². The van der Waals surface area contributed by atoms with Gasteiger partial charge in [0.1, 0.15) is 5.52 Å². The number of hydrogen-bond donors (Lipinski definition) is 2. The van der Waals surface area contributed by atoms with E-state index in [1.807, 2.05) is 49.4 Å². The molecule has 4 aromatic rings. The zero-order valence-electron chi connectivity index (χ0n) is 17.1. The van der Waals surface area contributed by atoms with Gasteiger partial charge in [-0.3, -0.25) is 4.79 Å². The number of rotatable bonds is 5. The Kier molecular flexibility index (Phi) is 4.91. The van der Waals surface area contributed by atoms with Gasteiger partial charge in [0.25, 0.3) is 6.01 Å². The molecule has 5 rings (SSSR count). The van der Waals surface area contributed by atoms with E-state index in [9.17, 15) is 4.79 Å². The molecule has 0 spiro atoms. The summed E-state index contributed by atoms with van der Waals surface area (Å²) in [4.78, 5) is 22.8. The predicted molar refractivity (Wildman–Crippen MR) is 119 cm³/mol. The lowest BCUT2D eigenvalue weighted by Gasteiger charge is -2.31. The molecule has 1 aliphatic rings. The second-order valence-electron chi connectivity index (χ2n) is 8.17. The molecule has 0 aliphatic carbocycles. The van der Waals surface area contributed by atoms with Crippen LogP contribution in [-0.2, 0) is 11.2 Å². The van der Waals surface area contributed by atoms with Crippen LogP contribution in [-0.4, -0.2) is 35.5 Å². The third-order valence-corrected chi connectivity index (χ3v) is 6.02. The highest BCUT2D eigenvalue weighted by molar-refractivity contribution is 5.90. The van der Waals surface area contributed by atoms with E-state index < -0.39 is 0 Å². The van der Waals surface area contributed by atoms with E-state index in [2.05, 4.69) is 26.3 Å². The first kappa shape index (κ1) is 18.7. The summed E-state index contributed by atoms with van der Waals surface area (Å²) in [6.45, 7) is 4.49. The second-order valence-corrected chi connectivity index (χ2v) is 8.17. The summed E-state index contributed by atoms with van der Waals surface area (Å²) in [5.41, 5.74) is 4.93. The van der Waals surface area contributed by atoms with Crippen LogP contribution in [0.5, 0.6) is 0 Å². The zero-order chi connectivity index (χ0) is 20.5. The number of benzene rings is 2. The average Bonchev–Trinajstić information content (AvgIpc) is 3.34. The Morgan fingerprint density at radius 2 is 2.07 bits per heavy atom. The second kappa shape index (κ2) is 7.86. The number of nitrogens with one attached hydrogen (secondary N) is 2. The number of oxazole rings is 1. The largest absolute Gasteiger partial charge is 0.423 e. The maximum Gasteiger partial charge on any atom is 0.298 e. The van der Waals surface area contributed by atoms with Crippen molar-refractivity contribution < 1.29 is 9.21 Å². The number of aromatic nitrogens is 2. The summed E-state index contributed by atoms with van der Waals surface area (Å²) in [6.07, 6.45) is 2.57. The lowest BCUT2D eigenvalue weighted by Crippen LogP contribution is -2.41. The quantitative estimate of drug-likeness (QED) is 0.525. The van der Waals surface area contributed by atoms with Gasteiger partial charge >= 0.3 is 0 Å². The van der Waals surface area contributed by atoms with E-state index in [1.165, 1.54) is 0 Å². The molecule has 0 saturated carbocycles. The Labute approximate surface area is 175 Å². The molecule has 2 aromatic heterocycles. The van der Waals surface area contributed by atoms with E-state index in [1.54, 1.807) is 0 Å². The van der Waals surface area contributed by atoms with E-state index in [4.69, 9.17) is 4.42 Å². The van der Waals surface area contributed by atoms with Crippen LogP contribution < -0.4 is 10.2 Å². The SMILES string of the molecule is Cc1[nH]c2ccccc2c1CC(=O)NCC1CCCN(c2nc3ccccc3o2)C1. The van der Waals surface area contributed by atoms with Gasteiger partial charge in [-0.05, 0) is 49.4 Å². The molecule has 30 heavy (non-hydrogen) atoms. The highest BCUT2D eigenvalue weighted by atomic mass is 16.4. The lowest BCUT2D eigenvalue weighted by molar-refractivity contribution is -0.120. The van der Waals surface area contributed by atoms with E-state index in [0.29, 0.717) is 24.9 Å². The molecule has 154 valence electrons. The number of nitrogens with zero attached hydrogens (tertiary/aromatic N) is 2. The van der Waals surface area contributed by atoms with Crippen molar-refractivity contribution in [1.29, 1.82) is 0 Å². The summed E-state index contributed by atoms with van der Waals surface area (Å²) in [7, 11) is 0. The first-order valence-corrected chi connectivity index (χ1v) is 10.6. The van der Waals surface area contributed by atoms with Crippen LogP contribution >= 0.6 is 0 Å². The fourth-order valence-corrected chi connectivity index (χ4v) is 4.44. The van der Waals surface area contributed by atoms with Crippen molar-refractivity contribution in [3.8, 4) is 0 Å². The minimum Gasteiger partial charge on any atom is -0.423 e. The number of para-hydroxylation sites is 3. The monoisotopic (exact) mass is 402 g/mol. The van der Waals surface area contributed by atoms with Gasteiger partial charge in [-0.15, -0.1) is 0 Å². The molecule has 2 N–H and O–H groups in total. The summed E-state index contributed by atoms with van der Waals surface area (Å²) in [5.74, 6) is 0.462. The summed E-state index contributed by atoms with van der Waals surface area (Å²) < 4.78 is 5.93. The highest BCUT2D eigenvalue weighted by Gasteiger charge is 2.24. The van der Waals surface area contributed by atoms with E-state index >= 15 is 0 Å². The molecule has 1 atom stereocenters. The van der Waals surface area contributed by atoms with Crippen molar-refractivity contribution >= 4 is 33.9 Å². The Morgan fingerprint density at radius 3 is 2.97 bits per heavy atom. The van der Waals surface area contributed by atoms with E-state index in [-0.39, 0.29) is 5.91 Å². The van der Waals surface area contributed by atoms with E-state index in [0.717, 1.165) is 59.2 Å². The van der Waals surface area contributed by atoms with Crippen LogP contribution in [0.1, 0.15) is 24.1 Å². The molecule has 1 fully saturated rings. The van der Waals surface area contributed by atoms with Crippen LogP contribution in [0.15, 0.2) is 52.9 Å².